The Balaban J connectivity index is 2.49. The summed E-state index contributed by atoms with van der Waals surface area (Å²) in [6.45, 7) is 3.51. The molecule has 1 saturated heterocycles. The third-order valence-electron chi connectivity index (χ3n) is 1.89. The molecule has 1 rings (SSSR count). The number of carboxylic acids is 1. The third kappa shape index (κ3) is 1.66. The Kier molecular flexibility index (Phi) is 2.52. The molecule has 1 aliphatic rings. The number of likely N-dealkylation sites (N-methyl/N-ethyl adjacent to an activating group) is 1. The van der Waals surface area contributed by atoms with Gasteiger partial charge in [-0.3, -0.25) is 4.79 Å². The van der Waals surface area contributed by atoms with Crippen molar-refractivity contribution in [3.05, 3.63) is 0 Å². The van der Waals surface area contributed by atoms with Crippen molar-refractivity contribution in [2.75, 3.05) is 26.2 Å². The lowest BCUT2D eigenvalue weighted by atomic mass is 10.5. The second kappa shape index (κ2) is 3.42. The van der Waals surface area contributed by atoms with E-state index in [4.69, 9.17) is 5.11 Å². The maximum Gasteiger partial charge on any atom is 0.323 e. The van der Waals surface area contributed by atoms with Gasteiger partial charge in [-0.05, 0) is 6.92 Å². The van der Waals surface area contributed by atoms with Crippen LogP contribution in [0.15, 0.2) is 0 Å². The number of rotatable bonds is 3. The molecule has 0 unspecified atom stereocenters. The van der Waals surface area contributed by atoms with Crippen LogP contribution in [-0.2, 0) is 4.79 Å². The molecule has 0 spiro atoms. The van der Waals surface area contributed by atoms with E-state index < -0.39 is 5.97 Å². The Labute approximate surface area is 70.6 Å². The van der Waals surface area contributed by atoms with E-state index >= 15 is 0 Å². The lowest BCUT2D eigenvalue weighted by Gasteiger charge is -2.14. The molecule has 0 aromatic carbocycles. The van der Waals surface area contributed by atoms with Crippen molar-refractivity contribution in [1.29, 1.82) is 0 Å². The number of carbonyl (C=O) groups is 2. The van der Waals surface area contributed by atoms with E-state index in [1.54, 1.807) is 4.90 Å². The van der Waals surface area contributed by atoms with Crippen LogP contribution in [0, 0.1) is 0 Å². The van der Waals surface area contributed by atoms with Gasteiger partial charge in [0, 0.05) is 19.6 Å². The van der Waals surface area contributed by atoms with Gasteiger partial charge in [0.05, 0.1) is 0 Å². The smallest absolute Gasteiger partial charge is 0.323 e. The van der Waals surface area contributed by atoms with E-state index in [2.05, 4.69) is 0 Å². The van der Waals surface area contributed by atoms with Crippen molar-refractivity contribution in [3.63, 3.8) is 0 Å². The van der Waals surface area contributed by atoms with E-state index in [1.807, 2.05) is 6.92 Å². The molecule has 0 atom stereocenters. The van der Waals surface area contributed by atoms with Crippen molar-refractivity contribution in [3.8, 4) is 0 Å². The predicted octanol–water partition coefficient (Wildman–Crippen LogP) is -0.172. The first-order valence-electron chi connectivity index (χ1n) is 3.90. The van der Waals surface area contributed by atoms with Gasteiger partial charge < -0.3 is 14.9 Å². The van der Waals surface area contributed by atoms with Crippen LogP contribution in [0.3, 0.4) is 0 Å². The Hall–Kier alpha value is -1.26. The summed E-state index contributed by atoms with van der Waals surface area (Å²) in [5.74, 6) is -0.957. The molecule has 12 heavy (non-hydrogen) atoms. The van der Waals surface area contributed by atoms with Crippen LogP contribution in [0.25, 0.3) is 0 Å². The number of urea groups is 1. The highest BCUT2D eigenvalue weighted by atomic mass is 16.4. The Bertz CT molecular complexity index is 205. The Morgan fingerprint density at radius 2 is 2.08 bits per heavy atom. The standard InChI is InChI=1S/C7H12N2O3/c1-2-8-3-4-9(7(8)12)5-6(10)11/h2-5H2,1H3,(H,10,11). The van der Waals surface area contributed by atoms with Crippen molar-refractivity contribution >= 4 is 12.0 Å². The quantitative estimate of drug-likeness (QED) is 0.642. The van der Waals surface area contributed by atoms with Gasteiger partial charge in [-0.1, -0.05) is 0 Å². The summed E-state index contributed by atoms with van der Waals surface area (Å²) in [6.07, 6.45) is 0. The second-order valence-corrected chi connectivity index (χ2v) is 2.68. The zero-order valence-corrected chi connectivity index (χ0v) is 6.99. The topological polar surface area (TPSA) is 60.9 Å². The number of nitrogens with zero attached hydrogens (tertiary/aromatic N) is 2. The molecule has 0 aromatic rings. The molecule has 1 heterocycles. The average Bonchev–Trinajstić information content (AvgIpc) is 2.32. The van der Waals surface area contributed by atoms with Crippen molar-refractivity contribution in [2.24, 2.45) is 0 Å². The van der Waals surface area contributed by atoms with Crippen molar-refractivity contribution < 1.29 is 14.7 Å². The van der Waals surface area contributed by atoms with Crippen LogP contribution in [-0.4, -0.2) is 53.1 Å². The molecular weight excluding hydrogens is 160 g/mol. The molecule has 5 heteroatoms. The van der Waals surface area contributed by atoms with E-state index in [-0.39, 0.29) is 12.6 Å². The summed E-state index contributed by atoms with van der Waals surface area (Å²) in [5, 5.41) is 8.44. The SMILES string of the molecule is CCN1CCN(CC(=O)O)C1=O. The zero-order chi connectivity index (χ0) is 9.14. The summed E-state index contributed by atoms with van der Waals surface area (Å²) in [6, 6.07) is -0.167. The van der Waals surface area contributed by atoms with Gasteiger partial charge in [0.2, 0.25) is 0 Å². The molecule has 1 aliphatic heterocycles. The van der Waals surface area contributed by atoms with Gasteiger partial charge in [-0.25, -0.2) is 4.79 Å². The number of amides is 2. The molecule has 0 aromatic heterocycles. The summed E-state index contributed by atoms with van der Waals surface area (Å²) in [4.78, 5) is 24.5. The number of carbonyl (C=O) groups excluding carboxylic acids is 1. The highest BCUT2D eigenvalue weighted by Gasteiger charge is 2.27. The molecule has 0 aliphatic carbocycles. The largest absolute Gasteiger partial charge is 0.480 e. The number of carboxylic acid groups (broad SMARTS) is 1. The average molecular weight is 172 g/mol. The van der Waals surface area contributed by atoms with Gasteiger partial charge in [0.15, 0.2) is 0 Å². The minimum atomic E-state index is -0.957. The first-order valence-corrected chi connectivity index (χ1v) is 3.90. The van der Waals surface area contributed by atoms with Crippen LogP contribution < -0.4 is 0 Å². The van der Waals surface area contributed by atoms with E-state index in [0.29, 0.717) is 19.6 Å². The monoisotopic (exact) mass is 172 g/mol. The summed E-state index contributed by atoms with van der Waals surface area (Å²) < 4.78 is 0. The van der Waals surface area contributed by atoms with Gasteiger partial charge in [-0.15, -0.1) is 0 Å². The number of aliphatic carboxylic acids is 1. The molecule has 1 fully saturated rings. The van der Waals surface area contributed by atoms with E-state index in [9.17, 15) is 9.59 Å². The van der Waals surface area contributed by atoms with Crippen molar-refractivity contribution in [2.45, 2.75) is 6.92 Å². The lowest BCUT2D eigenvalue weighted by molar-refractivity contribution is -0.137. The van der Waals surface area contributed by atoms with Gasteiger partial charge in [0.1, 0.15) is 6.54 Å². The minimum Gasteiger partial charge on any atom is -0.480 e. The first kappa shape index (κ1) is 8.83. The van der Waals surface area contributed by atoms with Gasteiger partial charge >= 0.3 is 12.0 Å². The van der Waals surface area contributed by atoms with Crippen LogP contribution in [0.1, 0.15) is 6.92 Å². The molecule has 68 valence electrons. The Morgan fingerprint density at radius 1 is 1.50 bits per heavy atom. The number of hydrogen-bond donors (Lipinski definition) is 1. The fourth-order valence-electron chi connectivity index (χ4n) is 1.24. The molecule has 2 amide bonds. The maximum atomic E-state index is 11.3. The fraction of sp³-hybridized carbons (Fsp3) is 0.714. The Morgan fingerprint density at radius 3 is 2.50 bits per heavy atom. The minimum absolute atomic E-state index is 0.167. The first-order chi connectivity index (χ1) is 5.65. The second-order valence-electron chi connectivity index (χ2n) is 2.68. The fourth-order valence-corrected chi connectivity index (χ4v) is 1.24. The van der Waals surface area contributed by atoms with Crippen LogP contribution in [0.5, 0.6) is 0 Å². The molecule has 0 bridgehead atoms. The maximum absolute atomic E-state index is 11.3. The molecule has 0 saturated carbocycles. The van der Waals surface area contributed by atoms with Crippen LogP contribution in [0.4, 0.5) is 4.79 Å². The van der Waals surface area contributed by atoms with E-state index in [1.165, 1.54) is 4.90 Å². The van der Waals surface area contributed by atoms with Crippen molar-refractivity contribution in [1.82, 2.24) is 9.80 Å². The third-order valence-corrected chi connectivity index (χ3v) is 1.89. The highest BCUT2D eigenvalue weighted by molar-refractivity contribution is 5.81. The normalized spacial score (nSPS) is 17.2. The molecule has 1 N–H and O–H groups in total. The van der Waals surface area contributed by atoms with Crippen LogP contribution >= 0.6 is 0 Å². The number of hydrogen-bond acceptors (Lipinski definition) is 2. The summed E-state index contributed by atoms with van der Waals surface area (Å²) in [7, 11) is 0. The highest BCUT2D eigenvalue weighted by Crippen LogP contribution is 2.06. The molecule has 5 nitrogen and oxygen atoms in total. The lowest BCUT2D eigenvalue weighted by Crippen LogP contribution is -2.35. The molecular formula is C7H12N2O3. The summed E-state index contributed by atoms with van der Waals surface area (Å²) in [5.41, 5.74) is 0. The molecule has 0 radical (unpaired) electrons. The van der Waals surface area contributed by atoms with Crippen LogP contribution in [0.2, 0.25) is 0 Å². The zero-order valence-electron chi connectivity index (χ0n) is 6.99. The summed E-state index contributed by atoms with van der Waals surface area (Å²) >= 11 is 0. The van der Waals surface area contributed by atoms with Gasteiger partial charge in [-0.2, -0.15) is 0 Å². The predicted molar refractivity (Wildman–Crippen MR) is 41.9 cm³/mol. The van der Waals surface area contributed by atoms with Gasteiger partial charge in [0.25, 0.3) is 0 Å². The van der Waals surface area contributed by atoms with E-state index in [0.717, 1.165) is 0 Å².